The first-order chi connectivity index (χ1) is 9.61. The van der Waals surface area contributed by atoms with Crippen LogP contribution in [0.3, 0.4) is 0 Å². The lowest BCUT2D eigenvalue weighted by Gasteiger charge is -2.20. The Hall–Kier alpha value is -1.38. The van der Waals surface area contributed by atoms with E-state index in [1.807, 2.05) is 12.1 Å². The van der Waals surface area contributed by atoms with E-state index in [9.17, 15) is 4.39 Å². The highest BCUT2D eigenvalue weighted by Crippen LogP contribution is 2.24. The first kappa shape index (κ1) is 15.0. The molecule has 0 heterocycles. The van der Waals surface area contributed by atoms with Crippen molar-refractivity contribution >= 4 is 11.6 Å². The molecule has 0 aliphatic carbocycles. The molecule has 106 valence electrons. The first-order valence-electron chi connectivity index (χ1n) is 6.84. The Morgan fingerprint density at radius 1 is 1.20 bits per heavy atom. The predicted octanol–water partition coefficient (Wildman–Crippen LogP) is 4.68. The van der Waals surface area contributed by atoms with Crippen molar-refractivity contribution in [1.29, 1.82) is 0 Å². The lowest BCUT2D eigenvalue weighted by atomic mass is 9.96. The standard InChI is InChI=1S/C17H19ClFN/c1-3-20-17(11-13-7-5-4-6-12(13)2)14-8-9-16(19)15(18)10-14/h4-10,17,20H,3,11H2,1-2H3. The van der Waals surface area contributed by atoms with Gasteiger partial charge in [-0.05, 0) is 48.7 Å². The molecule has 2 rings (SSSR count). The van der Waals surface area contributed by atoms with E-state index in [-0.39, 0.29) is 16.9 Å². The van der Waals surface area contributed by atoms with E-state index in [1.165, 1.54) is 17.2 Å². The number of nitrogens with one attached hydrogen (secondary N) is 1. The van der Waals surface area contributed by atoms with Crippen LogP contribution in [0.4, 0.5) is 4.39 Å². The van der Waals surface area contributed by atoms with Crippen LogP contribution < -0.4 is 5.32 Å². The molecule has 0 bridgehead atoms. The van der Waals surface area contributed by atoms with E-state index in [2.05, 4.69) is 31.3 Å². The van der Waals surface area contributed by atoms with Gasteiger partial charge in [-0.1, -0.05) is 48.9 Å². The van der Waals surface area contributed by atoms with Gasteiger partial charge in [-0.25, -0.2) is 4.39 Å². The van der Waals surface area contributed by atoms with E-state index in [4.69, 9.17) is 11.6 Å². The second kappa shape index (κ2) is 6.87. The van der Waals surface area contributed by atoms with E-state index in [0.29, 0.717) is 0 Å². The fourth-order valence-electron chi connectivity index (χ4n) is 2.34. The van der Waals surface area contributed by atoms with Crippen LogP contribution in [0.15, 0.2) is 42.5 Å². The Morgan fingerprint density at radius 2 is 1.95 bits per heavy atom. The maximum atomic E-state index is 13.3. The SMILES string of the molecule is CCNC(Cc1ccccc1C)c1ccc(F)c(Cl)c1. The van der Waals surface area contributed by atoms with Crippen molar-refractivity contribution in [3.8, 4) is 0 Å². The Bertz CT molecular complexity index is 583. The van der Waals surface area contributed by atoms with Crippen LogP contribution in [-0.4, -0.2) is 6.54 Å². The molecular formula is C17H19ClFN. The molecule has 20 heavy (non-hydrogen) atoms. The third-order valence-corrected chi connectivity index (χ3v) is 3.77. The largest absolute Gasteiger partial charge is 0.310 e. The third-order valence-electron chi connectivity index (χ3n) is 3.48. The van der Waals surface area contributed by atoms with Crippen LogP contribution in [0.25, 0.3) is 0 Å². The highest BCUT2D eigenvalue weighted by Gasteiger charge is 2.14. The van der Waals surface area contributed by atoms with Gasteiger partial charge in [-0.15, -0.1) is 0 Å². The van der Waals surface area contributed by atoms with Crippen LogP contribution in [0.1, 0.15) is 29.7 Å². The minimum absolute atomic E-state index is 0.138. The van der Waals surface area contributed by atoms with Crippen LogP contribution in [-0.2, 0) is 6.42 Å². The van der Waals surface area contributed by atoms with Crippen molar-refractivity contribution in [2.75, 3.05) is 6.54 Å². The molecule has 2 aromatic carbocycles. The number of benzene rings is 2. The normalized spacial score (nSPS) is 12.4. The highest BCUT2D eigenvalue weighted by molar-refractivity contribution is 6.30. The molecule has 0 saturated heterocycles. The molecule has 0 aliphatic rings. The van der Waals surface area contributed by atoms with Gasteiger partial charge in [-0.2, -0.15) is 0 Å². The third kappa shape index (κ3) is 3.59. The summed E-state index contributed by atoms with van der Waals surface area (Å²) in [6.45, 7) is 5.03. The van der Waals surface area contributed by atoms with Gasteiger partial charge < -0.3 is 5.32 Å². The van der Waals surface area contributed by atoms with Gasteiger partial charge in [0.2, 0.25) is 0 Å². The molecule has 1 N–H and O–H groups in total. The summed E-state index contributed by atoms with van der Waals surface area (Å²) in [5.74, 6) is -0.374. The number of rotatable bonds is 5. The van der Waals surface area contributed by atoms with Gasteiger partial charge in [-0.3, -0.25) is 0 Å². The summed E-state index contributed by atoms with van der Waals surface area (Å²) in [6, 6.07) is 13.4. The van der Waals surface area contributed by atoms with Gasteiger partial charge >= 0.3 is 0 Å². The van der Waals surface area contributed by atoms with Crippen molar-refractivity contribution in [2.24, 2.45) is 0 Å². The van der Waals surface area contributed by atoms with E-state index >= 15 is 0 Å². The topological polar surface area (TPSA) is 12.0 Å². The predicted molar refractivity (Wildman–Crippen MR) is 82.7 cm³/mol. The van der Waals surface area contributed by atoms with E-state index < -0.39 is 0 Å². The molecule has 0 saturated carbocycles. The average Bonchev–Trinajstić information content (AvgIpc) is 2.44. The Labute approximate surface area is 124 Å². The molecule has 0 amide bonds. The summed E-state index contributed by atoms with van der Waals surface area (Å²) < 4.78 is 13.3. The lowest BCUT2D eigenvalue weighted by Crippen LogP contribution is -2.23. The van der Waals surface area contributed by atoms with Gasteiger partial charge in [0.25, 0.3) is 0 Å². The molecule has 1 atom stereocenters. The minimum Gasteiger partial charge on any atom is -0.310 e. The van der Waals surface area contributed by atoms with Crippen molar-refractivity contribution in [3.05, 3.63) is 70.0 Å². The fourth-order valence-corrected chi connectivity index (χ4v) is 2.53. The number of halogens is 2. The zero-order valence-electron chi connectivity index (χ0n) is 11.8. The van der Waals surface area contributed by atoms with Crippen molar-refractivity contribution in [2.45, 2.75) is 26.3 Å². The monoisotopic (exact) mass is 291 g/mol. The van der Waals surface area contributed by atoms with Crippen molar-refractivity contribution in [1.82, 2.24) is 5.32 Å². The molecule has 0 spiro atoms. The summed E-state index contributed by atoms with van der Waals surface area (Å²) in [5.41, 5.74) is 3.57. The van der Waals surface area contributed by atoms with Crippen molar-refractivity contribution < 1.29 is 4.39 Å². The summed E-state index contributed by atoms with van der Waals surface area (Å²) in [5, 5.41) is 3.62. The molecular weight excluding hydrogens is 273 g/mol. The van der Waals surface area contributed by atoms with Crippen LogP contribution in [0, 0.1) is 12.7 Å². The van der Waals surface area contributed by atoms with Crippen LogP contribution >= 0.6 is 11.6 Å². The summed E-state index contributed by atoms with van der Waals surface area (Å²) in [6.07, 6.45) is 0.864. The quantitative estimate of drug-likeness (QED) is 0.843. The Balaban J connectivity index is 2.27. The molecule has 3 heteroatoms. The molecule has 0 aliphatic heterocycles. The zero-order valence-corrected chi connectivity index (χ0v) is 12.5. The second-order valence-corrected chi connectivity index (χ2v) is 5.32. The smallest absolute Gasteiger partial charge is 0.141 e. The average molecular weight is 292 g/mol. The zero-order chi connectivity index (χ0) is 14.5. The molecule has 0 fully saturated rings. The number of aryl methyl sites for hydroxylation is 1. The van der Waals surface area contributed by atoms with Gasteiger partial charge in [0, 0.05) is 6.04 Å². The summed E-state index contributed by atoms with van der Waals surface area (Å²) in [7, 11) is 0. The Kier molecular flexibility index (Phi) is 5.16. The van der Waals surface area contributed by atoms with Crippen molar-refractivity contribution in [3.63, 3.8) is 0 Å². The summed E-state index contributed by atoms with van der Waals surface area (Å²) in [4.78, 5) is 0. The first-order valence-corrected chi connectivity index (χ1v) is 7.22. The highest BCUT2D eigenvalue weighted by atomic mass is 35.5. The number of likely N-dealkylation sites (N-methyl/N-ethyl adjacent to an activating group) is 1. The minimum atomic E-state index is -0.374. The maximum absolute atomic E-state index is 13.3. The van der Waals surface area contributed by atoms with E-state index in [0.717, 1.165) is 18.5 Å². The van der Waals surface area contributed by atoms with Gasteiger partial charge in [0.1, 0.15) is 5.82 Å². The van der Waals surface area contributed by atoms with Gasteiger partial charge in [0.05, 0.1) is 5.02 Å². The number of hydrogen-bond donors (Lipinski definition) is 1. The van der Waals surface area contributed by atoms with Crippen LogP contribution in [0.2, 0.25) is 5.02 Å². The molecule has 0 aromatic heterocycles. The fraction of sp³-hybridized carbons (Fsp3) is 0.294. The molecule has 2 aromatic rings. The Morgan fingerprint density at radius 3 is 2.60 bits per heavy atom. The molecule has 1 unspecified atom stereocenters. The summed E-state index contributed by atoms with van der Waals surface area (Å²) >= 11 is 5.89. The lowest BCUT2D eigenvalue weighted by molar-refractivity contribution is 0.546. The van der Waals surface area contributed by atoms with Crippen LogP contribution in [0.5, 0.6) is 0 Å². The molecule has 0 radical (unpaired) electrons. The van der Waals surface area contributed by atoms with E-state index in [1.54, 1.807) is 12.1 Å². The number of hydrogen-bond acceptors (Lipinski definition) is 1. The second-order valence-electron chi connectivity index (χ2n) is 4.91. The molecule has 1 nitrogen and oxygen atoms in total. The maximum Gasteiger partial charge on any atom is 0.141 e. The van der Waals surface area contributed by atoms with Gasteiger partial charge in [0.15, 0.2) is 0 Å².